The number of hydrogen-bond acceptors (Lipinski definition) is 4. The van der Waals surface area contributed by atoms with Gasteiger partial charge in [0.05, 0.1) is 22.7 Å². The van der Waals surface area contributed by atoms with Crippen molar-refractivity contribution in [2.45, 2.75) is 32.2 Å². The molecule has 1 aliphatic rings. The summed E-state index contributed by atoms with van der Waals surface area (Å²) in [5, 5.41) is 18.7. The molecule has 0 aliphatic heterocycles. The van der Waals surface area contributed by atoms with Crippen molar-refractivity contribution in [3.63, 3.8) is 0 Å². The number of nitro benzene ring substituents is 1. The summed E-state index contributed by atoms with van der Waals surface area (Å²) < 4.78 is 1.74. The van der Waals surface area contributed by atoms with Crippen LogP contribution in [0.5, 0.6) is 0 Å². The number of aromatic nitrogens is 2. The highest BCUT2D eigenvalue weighted by atomic mass is 16.6. The predicted octanol–water partition coefficient (Wildman–Crippen LogP) is 3.90. The molecule has 0 saturated heterocycles. The van der Waals surface area contributed by atoms with Gasteiger partial charge in [0.2, 0.25) is 5.91 Å². The van der Waals surface area contributed by atoms with Crippen molar-refractivity contribution in [3.05, 3.63) is 76.5 Å². The van der Waals surface area contributed by atoms with Gasteiger partial charge in [-0.05, 0) is 49.9 Å². The summed E-state index contributed by atoms with van der Waals surface area (Å²) in [6.07, 6.45) is 4.40. The Balaban J connectivity index is 1.65. The van der Waals surface area contributed by atoms with Gasteiger partial charge in [-0.15, -0.1) is 0 Å². The maximum absolute atomic E-state index is 12.6. The van der Waals surface area contributed by atoms with E-state index in [-0.39, 0.29) is 24.1 Å². The van der Waals surface area contributed by atoms with Gasteiger partial charge in [0.15, 0.2) is 0 Å². The van der Waals surface area contributed by atoms with E-state index in [0.717, 1.165) is 16.8 Å². The molecule has 1 N–H and O–H groups in total. The molecule has 1 heterocycles. The Morgan fingerprint density at radius 2 is 1.90 bits per heavy atom. The number of benzene rings is 2. The van der Waals surface area contributed by atoms with Gasteiger partial charge in [0.1, 0.15) is 0 Å². The Morgan fingerprint density at radius 1 is 1.21 bits per heavy atom. The van der Waals surface area contributed by atoms with Gasteiger partial charge in [0.25, 0.3) is 5.69 Å². The molecule has 1 unspecified atom stereocenters. The molecule has 1 atom stereocenters. The van der Waals surface area contributed by atoms with Gasteiger partial charge in [-0.2, -0.15) is 5.10 Å². The molecule has 4 rings (SSSR count). The first-order chi connectivity index (χ1) is 14.0. The zero-order chi connectivity index (χ0) is 20.4. The largest absolute Gasteiger partial charge is 0.353 e. The monoisotopic (exact) mass is 390 g/mol. The van der Waals surface area contributed by atoms with Crippen LogP contribution in [0, 0.1) is 16.0 Å². The van der Waals surface area contributed by atoms with E-state index >= 15 is 0 Å². The van der Waals surface area contributed by atoms with Crippen LogP contribution in [0.4, 0.5) is 5.69 Å². The van der Waals surface area contributed by atoms with Crippen LogP contribution in [0.15, 0.2) is 60.8 Å². The average Bonchev–Trinajstić information content (AvgIpc) is 3.50. The number of hydrogen-bond donors (Lipinski definition) is 1. The molecule has 1 fully saturated rings. The minimum atomic E-state index is -0.431. The van der Waals surface area contributed by atoms with E-state index in [1.807, 2.05) is 43.5 Å². The first-order valence-electron chi connectivity index (χ1n) is 9.69. The molecule has 7 nitrogen and oxygen atoms in total. The second-order valence-electron chi connectivity index (χ2n) is 7.46. The van der Waals surface area contributed by atoms with Crippen molar-refractivity contribution in [2.24, 2.45) is 5.92 Å². The number of nitrogens with one attached hydrogen (secondary N) is 1. The molecule has 1 amide bonds. The molecule has 7 heteroatoms. The van der Waals surface area contributed by atoms with E-state index in [9.17, 15) is 14.9 Å². The topological polar surface area (TPSA) is 90.1 Å². The molecular formula is C22H22N4O3. The maximum Gasteiger partial charge on any atom is 0.269 e. The molecule has 1 aromatic heterocycles. The number of carbonyl (C=O) groups is 1. The van der Waals surface area contributed by atoms with Crippen LogP contribution < -0.4 is 5.32 Å². The molecule has 0 bridgehead atoms. The van der Waals surface area contributed by atoms with Crippen LogP contribution in [-0.4, -0.2) is 26.7 Å². The van der Waals surface area contributed by atoms with E-state index in [1.54, 1.807) is 16.8 Å². The van der Waals surface area contributed by atoms with Crippen LogP contribution in [0.3, 0.4) is 0 Å². The second kappa shape index (κ2) is 7.87. The summed E-state index contributed by atoms with van der Waals surface area (Å²) in [5.74, 6) is 0.542. The summed E-state index contributed by atoms with van der Waals surface area (Å²) in [5.41, 5.74) is 3.08. The van der Waals surface area contributed by atoms with Crippen LogP contribution in [-0.2, 0) is 11.2 Å². The molecule has 1 aliphatic carbocycles. The standard InChI is InChI=1S/C22H22N4O3/c1-15(16-7-8-16)23-21(27)13-18-14-25(19-5-3-2-4-6-19)24-22(18)17-9-11-20(12-10-17)26(28)29/h2-6,9-12,14-16H,7-8,13H2,1H3,(H,23,27). The van der Waals surface area contributed by atoms with Crippen LogP contribution >= 0.6 is 0 Å². The predicted molar refractivity (Wildman–Crippen MR) is 110 cm³/mol. The van der Waals surface area contributed by atoms with Crippen LogP contribution in [0.25, 0.3) is 16.9 Å². The third-order valence-electron chi connectivity index (χ3n) is 5.23. The Kier molecular flexibility index (Phi) is 5.12. The lowest BCUT2D eigenvalue weighted by Gasteiger charge is -2.12. The Labute approximate surface area is 168 Å². The third kappa shape index (κ3) is 4.34. The fourth-order valence-electron chi connectivity index (χ4n) is 3.43. The molecule has 0 radical (unpaired) electrons. The Hall–Kier alpha value is -3.48. The molecule has 0 spiro atoms. The van der Waals surface area contributed by atoms with Crippen molar-refractivity contribution >= 4 is 11.6 Å². The zero-order valence-electron chi connectivity index (χ0n) is 16.1. The fraction of sp³-hybridized carbons (Fsp3) is 0.273. The number of para-hydroxylation sites is 1. The molecule has 3 aromatic rings. The maximum atomic E-state index is 12.6. The Bertz CT molecular complexity index is 1020. The summed E-state index contributed by atoms with van der Waals surface area (Å²) in [7, 11) is 0. The first kappa shape index (κ1) is 18.9. The van der Waals surface area contributed by atoms with E-state index in [2.05, 4.69) is 10.4 Å². The van der Waals surface area contributed by atoms with Gasteiger partial charge in [-0.25, -0.2) is 4.68 Å². The number of non-ortho nitro benzene ring substituents is 1. The molecule has 148 valence electrons. The number of amides is 1. The van der Waals surface area contributed by atoms with Crippen molar-refractivity contribution in [1.29, 1.82) is 0 Å². The van der Waals surface area contributed by atoms with Crippen molar-refractivity contribution in [3.8, 4) is 16.9 Å². The van der Waals surface area contributed by atoms with Gasteiger partial charge < -0.3 is 5.32 Å². The highest BCUT2D eigenvalue weighted by Gasteiger charge is 2.29. The van der Waals surface area contributed by atoms with E-state index in [0.29, 0.717) is 11.6 Å². The lowest BCUT2D eigenvalue weighted by Crippen LogP contribution is -2.35. The third-order valence-corrected chi connectivity index (χ3v) is 5.23. The van der Waals surface area contributed by atoms with Gasteiger partial charge in [-0.3, -0.25) is 14.9 Å². The zero-order valence-corrected chi connectivity index (χ0v) is 16.1. The minimum absolute atomic E-state index is 0.0220. The number of nitro groups is 1. The lowest BCUT2D eigenvalue weighted by atomic mass is 10.0. The summed E-state index contributed by atoms with van der Waals surface area (Å²) in [6.45, 7) is 2.04. The molecule has 29 heavy (non-hydrogen) atoms. The van der Waals surface area contributed by atoms with Crippen LogP contribution in [0.1, 0.15) is 25.3 Å². The van der Waals surface area contributed by atoms with Gasteiger partial charge in [-0.1, -0.05) is 18.2 Å². The average molecular weight is 390 g/mol. The van der Waals surface area contributed by atoms with Crippen molar-refractivity contribution < 1.29 is 9.72 Å². The fourth-order valence-corrected chi connectivity index (χ4v) is 3.43. The first-order valence-corrected chi connectivity index (χ1v) is 9.69. The normalized spacial score (nSPS) is 14.4. The van der Waals surface area contributed by atoms with Gasteiger partial charge in [0, 0.05) is 35.5 Å². The number of rotatable bonds is 7. The smallest absolute Gasteiger partial charge is 0.269 e. The van der Waals surface area contributed by atoms with E-state index in [1.165, 1.54) is 25.0 Å². The lowest BCUT2D eigenvalue weighted by molar-refractivity contribution is -0.384. The molecular weight excluding hydrogens is 368 g/mol. The number of carbonyl (C=O) groups excluding carboxylic acids is 1. The van der Waals surface area contributed by atoms with Gasteiger partial charge >= 0.3 is 0 Å². The van der Waals surface area contributed by atoms with Crippen LogP contribution in [0.2, 0.25) is 0 Å². The summed E-state index contributed by atoms with van der Waals surface area (Å²) >= 11 is 0. The summed E-state index contributed by atoms with van der Waals surface area (Å²) in [4.78, 5) is 23.1. The van der Waals surface area contributed by atoms with E-state index in [4.69, 9.17) is 0 Å². The SMILES string of the molecule is CC(NC(=O)Cc1cn(-c2ccccc2)nc1-c1ccc([N+](=O)[O-])cc1)C1CC1. The molecule has 2 aromatic carbocycles. The second-order valence-corrected chi connectivity index (χ2v) is 7.46. The highest BCUT2D eigenvalue weighted by molar-refractivity contribution is 5.81. The van der Waals surface area contributed by atoms with Crippen molar-refractivity contribution in [2.75, 3.05) is 0 Å². The highest BCUT2D eigenvalue weighted by Crippen LogP contribution is 2.32. The number of nitrogens with zero attached hydrogens (tertiary/aromatic N) is 3. The van der Waals surface area contributed by atoms with E-state index < -0.39 is 4.92 Å². The minimum Gasteiger partial charge on any atom is -0.353 e. The quantitative estimate of drug-likeness (QED) is 0.489. The summed E-state index contributed by atoms with van der Waals surface area (Å²) in [6, 6.07) is 16.1. The Morgan fingerprint density at radius 3 is 2.52 bits per heavy atom. The van der Waals surface area contributed by atoms with Crippen molar-refractivity contribution in [1.82, 2.24) is 15.1 Å². The molecule has 1 saturated carbocycles.